The van der Waals surface area contributed by atoms with Crippen LogP contribution < -0.4 is 20.7 Å². The Bertz CT molecular complexity index is 3310. The van der Waals surface area contributed by atoms with Crippen molar-refractivity contribution in [3.8, 4) is 39.6 Å². The van der Waals surface area contributed by atoms with Crippen molar-refractivity contribution in [2.45, 2.75) is 0 Å². The number of rotatable bonds is 5. The first-order valence-electron chi connectivity index (χ1n) is 19.4. The van der Waals surface area contributed by atoms with Gasteiger partial charge in [0.05, 0.1) is 22.4 Å². The second-order valence-electron chi connectivity index (χ2n) is 14.8. The molecule has 3 aromatic heterocycles. The topological polar surface area (TPSA) is 30.7 Å². The highest BCUT2D eigenvalue weighted by Gasteiger charge is 2.51. The fourth-order valence-electron chi connectivity index (χ4n) is 9.58. The average molecular weight is 760 g/mol. The summed E-state index contributed by atoms with van der Waals surface area (Å²) in [7, 11) is -2.86. The van der Waals surface area contributed by atoms with Gasteiger partial charge in [-0.3, -0.25) is 0 Å². The standard InChI is InChI=1S/C52H33N3SSi/c1-4-17-34(18-5-1)49-51-50(41-27-12-15-30-46(41)57(51,37-21-6-2-7-22-37)38-23-8-3-9-24-38)54-52(53-49)35-19-16-20-36(33-35)55-42-28-13-10-25-39(42)47-43(55)31-32-45-48(47)40-26-11-14-29-44(40)56-45/h1-33H. The molecule has 0 N–H and O–H groups in total. The number of para-hydroxylation sites is 1. The Balaban J connectivity index is 1.14. The quantitative estimate of drug-likeness (QED) is 0.164. The van der Waals surface area contributed by atoms with E-state index in [1.54, 1.807) is 0 Å². The molecule has 0 saturated carbocycles. The Morgan fingerprint density at radius 3 is 1.86 bits per heavy atom. The number of benzene rings is 8. The van der Waals surface area contributed by atoms with Crippen LogP contribution in [-0.4, -0.2) is 22.6 Å². The number of hydrogen-bond donors (Lipinski definition) is 0. The zero-order chi connectivity index (χ0) is 37.5. The highest BCUT2D eigenvalue weighted by molar-refractivity contribution is 7.26. The summed E-state index contributed by atoms with van der Waals surface area (Å²) in [5, 5.41) is 10.5. The van der Waals surface area contributed by atoms with Crippen LogP contribution in [0.1, 0.15) is 0 Å². The highest BCUT2D eigenvalue weighted by atomic mass is 32.1. The van der Waals surface area contributed by atoms with Crippen molar-refractivity contribution in [1.82, 2.24) is 14.5 Å². The fraction of sp³-hybridized carbons (Fsp3) is 0. The molecule has 0 atom stereocenters. The van der Waals surface area contributed by atoms with Gasteiger partial charge in [-0.05, 0) is 52.0 Å². The molecule has 0 unspecified atom stereocenters. The normalized spacial score (nSPS) is 13.1. The van der Waals surface area contributed by atoms with Crippen LogP contribution in [0, 0.1) is 0 Å². The SMILES string of the molecule is c1ccc(-c2nc(-c3cccc(-n4c5ccccc5c5c6c(ccc54)sc4ccccc46)c3)nc3c2[Si](c2ccccc2)(c2ccccc2)c2ccccc2-3)cc1. The van der Waals surface area contributed by atoms with Crippen LogP contribution in [0.5, 0.6) is 0 Å². The minimum Gasteiger partial charge on any atom is -0.309 e. The maximum Gasteiger partial charge on any atom is 0.185 e. The van der Waals surface area contributed by atoms with Gasteiger partial charge < -0.3 is 4.57 Å². The molecule has 0 amide bonds. The largest absolute Gasteiger partial charge is 0.309 e. The van der Waals surface area contributed by atoms with E-state index in [0.717, 1.165) is 34.0 Å². The Labute approximate surface area is 334 Å². The molecule has 0 fully saturated rings. The van der Waals surface area contributed by atoms with E-state index in [0.29, 0.717) is 0 Å². The van der Waals surface area contributed by atoms with Crippen molar-refractivity contribution in [2.75, 3.05) is 0 Å². The first kappa shape index (κ1) is 32.3. The van der Waals surface area contributed by atoms with E-state index in [1.807, 2.05) is 11.3 Å². The Morgan fingerprint density at radius 2 is 1.07 bits per heavy atom. The van der Waals surface area contributed by atoms with E-state index in [1.165, 1.54) is 68.3 Å². The van der Waals surface area contributed by atoms with Gasteiger partial charge in [-0.2, -0.15) is 0 Å². The van der Waals surface area contributed by atoms with Gasteiger partial charge in [0.1, 0.15) is 0 Å². The molecule has 0 radical (unpaired) electrons. The minimum atomic E-state index is -2.86. The zero-order valence-corrected chi connectivity index (χ0v) is 32.6. The molecule has 12 rings (SSSR count). The van der Waals surface area contributed by atoms with Crippen LogP contribution in [0.15, 0.2) is 200 Å². The van der Waals surface area contributed by atoms with E-state index in [9.17, 15) is 0 Å². The van der Waals surface area contributed by atoms with Crippen molar-refractivity contribution >= 4 is 82.1 Å². The van der Waals surface area contributed by atoms with Crippen LogP contribution in [0.4, 0.5) is 0 Å². The lowest BCUT2D eigenvalue weighted by molar-refractivity contribution is 1.16. The predicted octanol–water partition coefficient (Wildman–Crippen LogP) is 10.6. The lowest BCUT2D eigenvalue weighted by Crippen LogP contribution is -2.73. The van der Waals surface area contributed by atoms with Crippen LogP contribution in [-0.2, 0) is 0 Å². The first-order chi connectivity index (χ1) is 28.3. The van der Waals surface area contributed by atoms with Gasteiger partial charge in [-0.25, -0.2) is 9.97 Å². The Kier molecular flexibility index (Phi) is 7.12. The summed E-state index contributed by atoms with van der Waals surface area (Å²) in [6.07, 6.45) is 0. The molecule has 4 heterocycles. The third-order valence-electron chi connectivity index (χ3n) is 11.9. The molecule has 1 aliphatic heterocycles. The van der Waals surface area contributed by atoms with Crippen LogP contribution in [0.3, 0.4) is 0 Å². The molecule has 5 heteroatoms. The molecule has 11 aromatic rings. The smallest absolute Gasteiger partial charge is 0.185 e. The number of fused-ring (bicyclic) bond motifs is 10. The van der Waals surface area contributed by atoms with Crippen LogP contribution >= 0.6 is 11.3 Å². The number of nitrogens with zero attached hydrogens (tertiary/aromatic N) is 3. The van der Waals surface area contributed by atoms with Gasteiger partial charge in [0.25, 0.3) is 0 Å². The molecule has 8 aromatic carbocycles. The van der Waals surface area contributed by atoms with Gasteiger partial charge >= 0.3 is 0 Å². The third kappa shape index (κ3) is 4.64. The summed E-state index contributed by atoms with van der Waals surface area (Å²) in [5.41, 5.74) is 8.76. The molecule has 0 aliphatic carbocycles. The van der Waals surface area contributed by atoms with E-state index in [4.69, 9.17) is 9.97 Å². The Hall–Kier alpha value is -6.92. The second-order valence-corrected chi connectivity index (χ2v) is 19.6. The maximum atomic E-state index is 5.65. The van der Waals surface area contributed by atoms with Gasteiger partial charge in [0.2, 0.25) is 0 Å². The van der Waals surface area contributed by atoms with Crippen LogP contribution in [0.2, 0.25) is 0 Å². The zero-order valence-electron chi connectivity index (χ0n) is 30.8. The number of hydrogen-bond acceptors (Lipinski definition) is 3. The Morgan fingerprint density at radius 1 is 0.439 bits per heavy atom. The number of aromatic nitrogens is 3. The summed E-state index contributed by atoms with van der Waals surface area (Å²) < 4.78 is 5.05. The summed E-state index contributed by atoms with van der Waals surface area (Å²) >= 11 is 1.87. The second kappa shape index (κ2) is 12.5. The molecule has 0 spiro atoms. The van der Waals surface area contributed by atoms with Gasteiger partial charge in [0.15, 0.2) is 13.9 Å². The van der Waals surface area contributed by atoms with E-state index < -0.39 is 8.07 Å². The summed E-state index contributed by atoms with van der Waals surface area (Å²) in [6, 6.07) is 72.9. The molecule has 266 valence electrons. The monoisotopic (exact) mass is 759 g/mol. The van der Waals surface area contributed by atoms with Gasteiger partial charge in [0, 0.05) is 58.5 Å². The van der Waals surface area contributed by atoms with Crippen molar-refractivity contribution in [2.24, 2.45) is 0 Å². The molecule has 0 bridgehead atoms. The predicted molar refractivity (Wildman–Crippen MR) is 243 cm³/mol. The van der Waals surface area contributed by atoms with Crippen molar-refractivity contribution < 1.29 is 0 Å². The van der Waals surface area contributed by atoms with E-state index in [-0.39, 0.29) is 0 Å². The first-order valence-corrected chi connectivity index (χ1v) is 22.2. The van der Waals surface area contributed by atoms with Crippen molar-refractivity contribution in [3.63, 3.8) is 0 Å². The lowest BCUT2D eigenvalue weighted by atomic mass is 10.1. The van der Waals surface area contributed by atoms with Crippen molar-refractivity contribution in [1.29, 1.82) is 0 Å². The molecule has 3 nitrogen and oxygen atoms in total. The molecule has 57 heavy (non-hydrogen) atoms. The van der Waals surface area contributed by atoms with Gasteiger partial charge in [-0.15, -0.1) is 11.3 Å². The lowest BCUT2D eigenvalue weighted by Gasteiger charge is -2.32. The summed E-state index contributed by atoms with van der Waals surface area (Å²) in [5.74, 6) is 0.724. The molecule has 0 saturated heterocycles. The van der Waals surface area contributed by atoms with E-state index >= 15 is 0 Å². The van der Waals surface area contributed by atoms with E-state index in [2.05, 4.69) is 205 Å². The van der Waals surface area contributed by atoms with Crippen molar-refractivity contribution in [3.05, 3.63) is 200 Å². The molecule has 1 aliphatic rings. The number of thiophene rings is 1. The molecular weight excluding hydrogens is 727 g/mol. The summed E-state index contributed by atoms with van der Waals surface area (Å²) in [6.45, 7) is 0. The average Bonchev–Trinajstić information content (AvgIpc) is 3.93. The fourth-order valence-corrected chi connectivity index (χ4v) is 15.9. The summed E-state index contributed by atoms with van der Waals surface area (Å²) in [4.78, 5) is 11.3. The third-order valence-corrected chi connectivity index (χ3v) is 17.9. The maximum absolute atomic E-state index is 5.65. The van der Waals surface area contributed by atoms with Crippen LogP contribution in [0.25, 0.3) is 81.6 Å². The minimum absolute atomic E-state index is 0.724. The highest BCUT2D eigenvalue weighted by Crippen LogP contribution is 2.43. The van der Waals surface area contributed by atoms with Gasteiger partial charge in [-0.1, -0.05) is 164 Å². The molecular formula is C52H33N3SSi.